The van der Waals surface area contributed by atoms with Crippen molar-refractivity contribution in [3.05, 3.63) is 22.7 Å². The Morgan fingerprint density at radius 2 is 2.19 bits per heavy atom. The topological polar surface area (TPSA) is 48.0 Å². The molecule has 1 amide bonds. The number of benzene rings is 1. The van der Waals surface area contributed by atoms with Crippen LogP contribution in [0, 0.1) is 5.92 Å². The first kappa shape index (κ1) is 15.9. The van der Waals surface area contributed by atoms with Gasteiger partial charge in [-0.1, -0.05) is 25.4 Å². The van der Waals surface area contributed by atoms with Crippen LogP contribution in [0.2, 0.25) is 5.02 Å². The summed E-state index contributed by atoms with van der Waals surface area (Å²) in [4.78, 5) is 14.4. The van der Waals surface area contributed by atoms with E-state index < -0.39 is 0 Å². The molecule has 0 saturated heterocycles. The smallest absolute Gasteiger partial charge is 0.254 e. The lowest BCUT2D eigenvalue weighted by molar-refractivity contribution is 0.0672. The number of hydrogen-bond acceptors (Lipinski definition) is 4. The van der Waals surface area contributed by atoms with Crippen LogP contribution < -0.4 is 9.47 Å². The van der Waals surface area contributed by atoms with Gasteiger partial charge in [-0.3, -0.25) is 4.79 Å². The summed E-state index contributed by atoms with van der Waals surface area (Å²) >= 11 is 6.13. The van der Waals surface area contributed by atoms with E-state index in [1.807, 2.05) is 0 Å². The predicted molar refractivity (Wildman–Crippen MR) is 80.2 cm³/mol. The highest BCUT2D eigenvalue weighted by atomic mass is 35.5. The molecule has 1 heterocycles. The zero-order valence-corrected chi connectivity index (χ0v) is 13.3. The number of fused-ring (bicyclic) bond motifs is 1. The van der Waals surface area contributed by atoms with E-state index in [2.05, 4.69) is 13.8 Å². The van der Waals surface area contributed by atoms with Gasteiger partial charge in [0.05, 0.1) is 11.6 Å². The van der Waals surface area contributed by atoms with Gasteiger partial charge in [0.25, 0.3) is 5.91 Å². The van der Waals surface area contributed by atoms with Crippen molar-refractivity contribution < 1.29 is 19.0 Å². The van der Waals surface area contributed by atoms with E-state index >= 15 is 0 Å². The van der Waals surface area contributed by atoms with Gasteiger partial charge in [0.2, 0.25) is 6.79 Å². The number of methoxy groups -OCH3 is 1. The van der Waals surface area contributed by atoms with E-state index in [-0.39, 0.29) is 12.7 Å². The number of amides is 1. The minimum Gasteiger partial charge on any atom is -0.454 e. The summed E-state index contributed by atoms with van der Waals surface area (Å²) in [6.45, 7) is 5.97. The molecule has 0 atom stereocenters. The summed E-state index contributed by atoms with van der Waals surface area (Å²) in [6.07, 6.45) is 0. The normalized spacial score (nSPS) is 12.8. The molecule has 0 fully saturated rings. The number of nitrogens with zero attached hydrogens (tertiary/aromatic N) is 1. The molecule has 5 nitrogen and oxygen atoms in total. The molecule has 0 saturated carbocycles. The second-order valence-corrected chi connectivity index (χ2v) is 5.74. The Hall–Kier alpha value is -1.46. The van der Waals surface area contributed by atoms with Gasteiger partial charge in [-0.15, -0.1) is 0 Å². The summed E-state index contributed by atoms with van der Waals surface area (Å²) in [7, 11) is 1.62. The summed E-state index contributed by atoms with van der Waals surface area (Å²) in [5.74, 6) is 1.30. The molecule has 1 aliphatic heterocycles. The molecule has 0 spiro atoms. The highest BCUT2D eigenvalue weighted by Gasteiger charge is 2.23. The van der Waals surface area contributed by atoms with E-state index in [1.54, 1.807) is 24.1 Å². The van der Waals surface area contributed by atoms with Crippen molar-refractivity contribution in [3.8, 4) is 11.5 Å². The van der Waals surface area contributed by atoms with Crippen LogP contribution in [0.1, 0.15) is 24.2 Å². The average molecular weight is 314 g/mol. The molecule has 1 aliphatic rings. The fourth-order valence-corrected chi connectivity index (χ4v) is 2.46. The summed E-state index contributed by atoms with van der Waals surface area (Å²) < 4.78 is 15.6. The first-order valence-electron chi connectivity index (χ1n) is 6.90. The van der Waals surface area contributed by atoms with Crippen LogP contribution in [0.4, 0.5) is 0 Å². The first-order chi connectivity index (χ1) is 10.0. The average Bonchev–Trinajstić information content (AvgIpc) is 2.91. The number of halogens is 1. The standard InChI is InChI=1S/C15H20ClNO4/c1-10(2)8-17(4-5-19-3)15(18)11-6-12(16)14-13(7-11)20-9-21-14/h6-7,10H,4-5,8-9H2,1-3H3. The quantitative estimate of drug-likeness (QED) is 0.810. The number of ether oxygens (including phenoxy) is 3. The molecular weight excluding hydrogens is 294 g/mol. The maximum atomic E-state index is 12.7. The predicted octanol–water partition coefficient (Wildman–Crippen LogP) is 2.81. The van der Waals surface area contributed by atoms with Crippen molar-refractivity contribution >= 4 is 17.5 Å². The zero-order chi connectivity index (χ0) is 15.4. The summed E-state index contributed by atoms with van der Waals surface area (Å²) in [6, 6.07) is 3.30. The summed E-state index contributed by atoms with van der Waals surface area (Å²) in [5, 5.41) is 0.393. The third-order valence-electron chi connectivity index (χ3n) is 3.11. The number of hydrogen-bond donors (Lipinski definition) is 0. The van der Waals surface area contributed by atoms with Crippen molar-refractivity contribution in [2.24, 2.45) is 5.92 Å². The lowest BCUT2D eigenvalue weighted by Gasteiger charge is -2.24. The van der Waals surface area contributed by atoms with Crippen molar-refractivity contribution in [3.63, 3.8) is 0 Å². The Labute approximate surface area is 129 Å². The molecule has 1 aromatic carbocycles. The van der Waals surface area contributed by atoms with Crippen LogP contribution in [-0.4, -0.2) is 44.4 Å². The van der Waals surface area contributed by atoms with Crippen LogP contribution in [0.5, 0.6) is 11.5 Å². The fourth-order valence-electron chi connectivity index (χ4n) is 2.19. The lowest BCUT2D eigenvalue weighted by Crippen LogP contribution is -2.36. The maximum absolute atomic E-state index is 12.7. The Kier molecular flexibility index (Phi) is 5.31. The molecule has 0 radical (unpaired) electrons. The fraction of sp³-hybridized carbons (Fsp3) is 0.533. The molecule has 116 valence electrons. The maximum Gasteiger partial charge on any atom is 0.254 e. The van der Waals surface area contributed by atoms with Crippen molar-refractivity contribution in [2.75, 3.05) is 33.6 Å². The minimum absolute atomic E-state index is 0.0825. The van der Waals surface area contributed by atoms with Crippen molar-refractivity contribution in [1.29, 1.82) is 0 Å². The molecule has 0 bridgehead atoms. The van der Waals surface area contributed by atoms with E-state index in [4.69, 9.17) is 25.8 Å². The van der Waals surface area contributed by atoms with Crippen LogP contribution in [0.25, 0.3) is 0 Å². The van der Waals surface area contributed by atoms with Gasteiger partial charge in [0.1, 0.15) is 0 Å². The van der Waals surface area contributed by atoms with Crippen LogP contribution in [0.15, 0.2) is 12.1 Å². The Balaban J connectivity index is 2.21. The zero-order valence-electron chi connectivity index (χ0n) is 12.5. The first-order valence-corrected chi connectivity index (χ1v) is 7.28. The molecule has 0 aromatic heterocycles. The second-order valence-electron chi connectivity index (χ2n) is 5.33. The lowest BCUT2D eigenvalue weighted by atomic mass is 10.1. The molecule has 0 aliphatic carbocycles. The van der Waals surface area contributed by atoms with E-state index in [9.17, 15) is 4.79 Å². The van der Waals surface area contributed by atoms with Crippen LogP contribution in [0.3, 0.4) is 0 Å². The Bertz CT molecular complexity index is 519. The number of carbonyl (C=O) groups is 1. The van der Waals surface area contributed by atoms with E-state index in [1.165, 1.54) is 0 Å². The highest BCUT2D eigenvalue weighted by molar-refractivity contribution is 6.32. The number of rotatable bonds is 6. The molecule has 21 heavy (non-hydrogen) atoms. The van der Waals surface area contributed by atoms with Crippen LogP contribution >= 0.6 is 11.6 Å². The monoisotopic (exact) mass is 313 g/mol. The van der Waals surface area contributed by atoms with Gasteiger partial charge in [-0.05, 0) is 18.1 Å². The molecule has 0 N–H and O–H groups in total. The molecule has 0 unspecified atom stereocenters. The van der Waals surface area contributed by atoms with Gasteiger partial charge < -0.3 is 19.1 Å². The molecule has 1 aromatic rings. The van der Waals surface area contributed by atoms with E-state index in [0.717, 1.165) is 0 Å². The minimum atomic E-state index is -0.0825. The van der Waals surface area contributed by atoms with Crippen molar-refractivity contribution in [1.82, 2.24) is 4.90 Å². The van der Waals surface area contributed by atoms with Crippen molar-refractivity contribution in [2.45, 2.75) is 13.8 Å². The van der Waals surface area contributed by atoms with Gasteiger partial charge in [-0.2, -0.15) is 0 Å². The summed E-state index contributed by atoms with van der Waals surface area (Å²) in [5.41, 5.74) is 0.501. The van der Waals surface area contributed by atoms with Gasteiger partial charge in [-0.25, -0.2) is 0 Å². The van der Waals surface area contributed by atoms with Gasteiger partial charge in [0.15, 0.2) is 11.5 Å². The SMILES string of the molecule is COCCN(CC(C)C)C(=O)c1cc(Cl)c2c(c1)OCO2. The van der Waals surface area contributed by atoms with Gasteiger partial charge >= 0.3 is 0 Å². The molecule has 2 rings (SSSR count). The van der Waals surface area contributed by atoms with Gasteiger partial charge in [0, 0.05) is 25.8 Å². The second kappa shape index (κ2) is 7.00. The Morgan fingerprint density at radius 3 is 2.86 bits per heavy atom. The molecule has 6 heteroatoms. The van der Waals surface area contributed by atoms with E-state index in [0.29, 0.717) is 47.7 Å². The third kappa shape index (κ3) is 3.80. The third-order valence-corrected chi connectivity index (χ3v) is 3.39. The van der Waals surface area contributed by atoms with Crippen LogP contribution in [-0.2, 0) is 4.74 Å². The highest BCUT2D eigenvalue weighted by Crippen LogP contribution is 2.40. The molecular formula is C15H20ClNO4. The Morgan fingerprint density at radius 1 is 1.43 bits per heavy atom. The largest absolute Gasteiger partial charge is 0.454 e. The number of carbonyl (C=O) groups excluding carboxylic acids is 1.